The fourth-order valence-electron chi connectivity index (χ4n) is 8.72. The average molecular weight is 632 g/mol. The van der Waals surface area contributed by atoms with Crippen molar-refractivity contribution >= 4 is 46.5 Å². The zero-order valence-electron chi connectivity index (χ0n) is 24.6. The minimum atomic E-state index is -1.23. The van der Waals surface area contributed by atoms with Gasteiger partial charge in [0.1, 0.15) is 5.78 Å². The molecule has 2 aromatic rings. The summed E-state index contributed by atoms with van der Waals surface area (Å²) in [6.45, 7) is 6.52. The lowest BCUT2D eigenvalue weighted by atomic mass is 9.51. The molecule has 1 amide bonds. The number of carbonyl (C=O) groups is 3. The first-order valence-corrected chi connectivity index (χ1v) is 15.8. The molecule has 1 aromatic heterocycles. The van der Waals surface area contributed by atoms with E-state index in [2.05, 4.69) is 24.1 Å². The number of aliphatic carboxylic acids is 1. The van der Waals surface area contributed by atoms with Gasteiger partial charge in [-0.2, -0.15) is 0 Å². The Morgan fingerprint density at radius 2 is 1.84 bits per heavy atom. The van der Waals surface area contributed by atoms with Crippen molar-refractivity contribution in [1.29, 1.82) is 0 Å². The highest BCUT2D eigenvalue weighted by Gasteiger charge is 2.72. The van der Waals surface area contributed by atoms with E-state index in [1.807, 2.05) is 13.0 Å². The quantitative estimate of drug-likeness (QED) is 0.335. The van der Waals surface area contributed by atoms with Crippen molar-refractivity contribution in [2.75, 3.05) is 11.9 Å². The highest BCUT2D eigenvalue weighted by Crippen LogP contribution is 2.72. The topological polar surface area (TPSA) is 106 Å². The molecule has 43 heavy (non-hydrogen) atoms. The van der Waals surface area contributed by atoms with Crippen LogP contribution in [0.5, 0.6) is 0 Å². The van der Waals surface area contributed by atoms with Crippen molar-refractivity contribution in [3.8, 4) is 0 Å². The second kappa shape index (κ2) is 10.5. The summed E-state index contributed by atoms with van der Waals surface area (Å²) >= 11 is 12.6. The number of pyridine rings is 1. The molecule has 1 saturated heterocycles. The van der Waals surface area contributed by atoms with Crippen molar-refractivity contribution in [1.82, 2.24) is 4.98 Å². The Morgan fingerprint density at radius 1 is 1.12 bits per heavy atom. The van der Waals surface area contributed by atoms with E-state index in [-0.39, 0.29) is 40.8 Å². The maximum Gasteiger partial charge on any atom is 0.332 e. The molecule has 2 aliphatic carbocycles. The molecule has 2 aliphatic heterocycles. The first kappa shape index (κ1) is 30.5. The first-order valence-electron chi connectivity index (χ1n) is 15.0. The average Bonchev–Trinajstić information content (AvgIpc) is 3.40. The fourth-order valence-corrected chi connectivity index (χ4v) is 9.06. The van der Waals surface area contributed by atoms with Crippen LogP contribution in [0.25, 0.3) is 0 Å². The second-order valence-electron chi connectivity index (χ2n) is 14.3. The largest absolute Gasteiger partial charge is 0.479 e. The van der Waals surface area contributed by atoms with Gasteiger partial charge < -0.3 is 15.2 Å². The van der Waals surface area contributed by atoms with Gasteiger partial charge in [-0.15, -0.1) is 0 Å². The molecule has 10 heteroatoms. The van der Waals surface area contributed by atoms with Crippen LogP contribution in [-0.2, 0) is 24.5 Å². The number of hydrogen-bond donors (Lipinski definition) is 2. The number of carboxylic acid groups (broad SMARTS) is 1. The lowest BCUT2D eigenvalue weighted by Crippen LogP contribution is -2.52. The summed E-state index contributed by atoms with van der Waals surface area (Å²) in [6.07, 6.45) is 5.05. The van der Waals surface area contributed by atoms with E-state index >= 15 is 4.39 Å². The number of halogens is 3. The van der Waals surface area contributed by atoms with E-state index in [0.29, 0.717) is 42.8 Å². The Morgan fingerprint density at radius 3 is 2.49 bits per heavy atom. The molecule has 6 rings (SSSR count). The highest BCUT2D eigenvalue weighted by molar-refractivity contribution is 6.31. The molecule has 1 unspecified atom stereocenters. The molecule has 4 aliphatic rings. The molecule has 3 heterocycles. The second-order valence-corrected chi connectivity index (χ2v) is 15.1. The van der Waals surface area contributed by atoms with E-state index in [9.17, 15) is 19.5 Å². The highest BCUT2D eigenvalue weighted by atomic mass is 35.5. The summed E-state index contributed by atoms with van der Waals surface area (Å²) in [5.41, 5.74) is -0.804. The van der Waals surface area contributed by atoms with Crippen LogP contribution in [0.2, 0.25) is 10.2 Å². The van der Waals surface area contributed by atoms with Crippen molar-refractivity contribution in [3.63, 3.8) is 0 Å². The number of benzene rings is 1. The normalized spacial score (nSPS) is 32.5. The summed E-state index contributed by atoms with van der Waals surface area (Å²) in [6, 6.07) is 6.90. The maximum atomic E-state index is 16.1. The third-order valence-corrected chi connectivity index (χ3v) is 11.5. The molecular weight excluding hydrogens is 594 g/mol. The van der Waals surface area contributed by atoms with Crippen molar-refractivity contribution < 1.29 is 28.6 Å². The molecule has 1 aromatic carbocycles. The zero-order chi connectivity index (χ0) is 30.9. The number of hydrogen-bond acceptors (Lipinski definition) is 5. The lowest BCUT2D eigenvalue weighted by molar-refractivity contribution is -0.159. The number of nitrogens with zero attached hydrogens (tertiary/aromatic N) is 1. The number of anilines is 1. The molecule has 7 nitrogen and oxygen atoms in total. The van der Waals surface area contributed by atoms with Gasteiger partial charge in [0, 0.05) is 35.2 Å². The molecule has 5 atom stereocenters. The summed E-state index contributed by atoms with van der Waals surface area (Å²) in [7, 11) is 0. The zero-order valence-corrected chi connectivity index (χ0v) is 26.2. The lowest BCUT2D eigenvalue weighted by Gasteiger charge is -2.51. The number of ether oxygens (including phenoxy) is 1. The Labute approximate surface area is 260 Å². The smallest absolute Gasteiger partial charge is 0.332 e. The number of aromatic nitrogens is 1. The van der Waals surface area contributed by atoms with Gasteiger partial charge in [0.15, 0.2) is 17.1 Å². The van der Waals surface area contributed by atoms with Crippen LogP contribution < -0.4 is 5.32 Å². The number of rotatable bonds is 5. The Balaban J connectivity index is 1.51. The molecule has 230 valence electrons. The molecule has 3 fully saturated rings. The summed E-state index contributed by atoms with van der Waals surface area (Å²) in [5.74, 6) is -3.56. The minimum Gasteiger partial charge on any atom is -0.479 e. The van der Waals surface area contributed by atoms with Crippen molar-refractivity contribution in [2.45, 2.75) is 89.6 Å². The number of ketones is 1. The van der Waals surface area contributed by atoms with Crippen LogP contribution in [0.15, 0.2) is 30.5 Å². The number of carbonyl (C=O) groups excluding carboxylic acids is 2. The number of Topliss-reactive ketones (excluding diaryl/α,β-unsaturated/α-hetero) is 1. The van der Waals surface area contributed by atoms with E-state index in [1.54, 1.807) is 18.2 Å². The summed E-state index contributed by atoms with van der Waals surface area (Å²) < 4.78 is 21.7. The van der Waals surface area contributed by atoms with Gasteiger partial charge in [0.2, 0.25) is 5.91 Å². The minimum absolute atomic E-state index is 0.0702. The van der Waals surface area contributed by atoms with Gasteiger partial charge >= 0.3 is 5.97 Å². The number of amides is 1. The first-order chi connectivity index (χ1) is 20.2. The SMILES string of the molecule is CC1(C)CCC2(CC1)C[C@@H](C(=O)CC1(C)CC[C@@H](C(=O)O)OC1)[C@H](c1ccnc(Cl)c1F)[C@]21C(=O)Nc2cc(Cl)ccc21. The summed E-state index contributed by atoms with van der Waals surface area (Å²) in [5, 5.41) is 12.7. The standard InChI is InChI=1S/C33H37Cl2FN2O5/c1-30(2)9-11-32(12-10-30)15-20(23(39)16-31(3)8-6-24(28(40)41)43-17-31)25(19-7-13-37-27(35)26(19)36)33(32)21-5-4-18(34)14-22(21)38-29(33)42/h4-5,7,13-14,20,24-25H,6,8-12,15-17H2,1-3H3,(H,38,42)(H,40,41)/t20-,24-,25-,31?,33+/m0/s1. The molecule has 0 radical (unpaired) electrons. The monoisotopic (exact) mass is 630 g/mol. The van der Waals surface area contributed by atoms with Crippen LogP contribution >= 0.6 is 23.2 Å². The third-order valence-electron chi connectivity index (χ3n) is 11.0. The predicted molar refractivity (Wildman–Crippen MR) is 161 cm³/mol. The Hall–Kier alpha value is -2.55. The van der Waals surface area contributed by atoms with E-state index in [1.165, 1.54) is 6.20 Å². The van der Waals surface area contributed by atoms with Crippen molar-refractivity contribution in [3.05, 3.63) is 57.6 Å². The van der Waals surface area contributed by atoms with Gasteiger partial charge in [0.05, 0.1) is 12.0 Å². The van der Waals surface area contributed by atoms with E-state index in [0.717, 1.165) is 18.4 Å². The number of carboxylic acids is 1. The van der Waals surface area contributed by atoms with Gasteiger partial charge in [-0.1, -0.05) is 50.0 Å². The maximum absolute atomic E-state index is 16.1. The van der Waals surface area contributed by atoms with E-state index < -0.39 is 46.0 Å². The van der Waals surface area contributed by atoms with Crippen LogP contribution in [0.4, 0.5) is 10.1 Å². The molecule has 2 saturated carbocycles. The van der Waals surface area contributed by atoms with Gasteiger partial charge in [0.25, 0.3) is 0 Å². The van der Waals surface area contributed by atoms with Crippen LogP contribution in [-0.4, -0.2) is 40.5 Å². The molecule has 2 spiro atoms. The molecular formula is C33H37Cl2FN2O5. The number of nitrogens with one attached hydrogen (secondary N) is 1. The van der Waals surface area contributed by atoms with E-state index in [4.69, 9.17) is 27.9 Å². The molecule has 2 N–H and O–H groups in total. The number of fused-ring (bicyclic) bond motifs is 3. The fraction of sp³-hybridized carbons (Fsp3) is 0.576. The van der Waals surface area contributed by atoms with Gasteiger partial charge in [-0.25, -0.2) is 14.2 Å². The third kappa shape index (κ3) is 4.79. The molecule has 0 bridgehead atoms. The van der Waals surface area contributed by atoms with Gasteiger partial charge in [-0.3, -0.25) is 9.59 Å². The van der Waals surface area contributed by atoms with Crippen LogP contribution in [0, 0.1) is 28.0 Å². The van der Waals surface area contributed by atoms with Crippen LogP contribution in [0.3, 0.4) is 0 Å². The van der Waals surface area contributed by atoms with Gasteiger partial charge in [-0.05, 0) is 90.5 Å². The Bertz CT molecular complexity index is 1490. The van der Waals surface area contributed by atoms with Crippen molar-refractivity contribution in [2.24, 2.45) is 22.2 Å². The summed E-state index contributed by atoms with van der Waals surface area (Å²) in [4.78, 5) is 44.6. The predicted octanol–water partition coefficient (Wildman–Crippen LogP) is 7.34. The Kier molecular flexibility index (Phi) is 7.46. The van der Waals surface area contributed by atoms with Crippen LogP contribution in [0.1, 0.15) is 89.2 Å².